The van der Waals surface area contributed by atoms with E-state index in [1.54, 1.807) is 0 Å². The molecular weight excluding hydrogens is 454 g/mol. The van der Waals surface area contributed by atoms with Crippen molar-refractivity contribution in [3.05, 3.63) is 65.6 Å². The second kappa shape index (κ2) is 7.90. The van der Waals surface area contributed by atoms with Gasteiger partial charge in [0.05, 0.1) is 40.4 Å². The van der Waals surface area contributed by atoms with E-state index >= 15 is 0 Å². The number of nitrogens with two attached hydrogens (primary N) is 1. The van der Waals surface area contributed by atoms with Gasteiger partial charge in [-0.15, -0.1) is 0 Å². The van der Waals surface area contributed by atoms with Crippen molar-refractivity contribution in [1.82, 2.24) is 24.3 Å². The van der Waals surface area contributed by atoms with Gasteiger partial charge in [-0.1, -0.05) is 0 Å². The summed E-state index contributed by atoms with van der Waals surface area (Å²) in [6.07, 6.45) is -4.77. The van der Waals surface area contributed by atoms with E-state index in [1.807, 2.05) is 0 Å². The highest BCUT2D eigenvalue weighted by atomic mass is 19.4. The van der Waals surface area contributed by atoms with E-state index in [2.05, 4.69) is 15.0 Å². The lowest BCUT2D eigenvalue weighted by Crippen LogP contribution is -2.36. The lowest BCUT2D eigenvalue weighted by molar-refractivity contribution is -0.137. The summed E-state index contributed by atoms with van der Waals surface area (Å²) in [6.45, 7) is 0. The molecule has 13 heteroatoms. The zero-order valence-corrected chi connectivity index (χ0v) is 16.7. The molecule has 3 aromatic heterocycles. The Hall–Kier alpha value is -3.90. The van der Waals surface area contributed by atoms with E-state index in [9.17, 15) is 31.1 Å². The number of hydrogen-bond donors (Lipinski definition) is 1. The average molecular weight is 468 g/mol. The summed E-state index contributed by atoms with van der Waals surface area (Å²) in [5, 5.41) is 0. The van der Waals surface area contributed by atoms with Crippen molar-refractivity contribution in [2.75, 3.05) is 12.8 Å². The first-order valence-electron chi connectivity index (χ1n) is 9.28. The number of pyridine rings is 1. The third-order valence-corrected chi connectivity index (χ3v) is 5.09. The molecule has 0 saturated carbocycles. The standard InChI is InChI=1S/C20H14F6N6O/c1-31(16(17(22)23)12-3-2-9(6-29-12)20(24,25)26)19(33)10-4-14-13(5-11(10)21)30-18(27)15-7-28-8-32(14)15/h2-8,16-17H,1H3,(H2,27,30). The normalized spacial score (nSPS) is 13.1. The van der Waals surface area contributed by atoms with E-state index in [0.29, 0.717) is 22.7 Å². The SMILES string of the molecule is CN(C(=O)c1cc2c(cc1F)nc(N)c1cncn12)C(c1ccc(C(F)(F)F)cn1)C(F)F. The van der Waals surface area contributed by atoms with Crippen molar-refractivity contribution in [2.24, 2.45) is 0 Å². The van der Waals surface area contributed by atoms with Gasteiger partial charge in [0.2, 0.25) is 0 Å². The van der Waals surface area contributed by atoms with Crippen LogP contribution in [0.1, 0.15) is 27.7 Å². The first kappa shape index (κ1) is 22.3. The molecule has 0 bridgehead atoms. The Morgan fingerprint density at radius 3 is 2.48 bits per heavy atom. The number of carbonyl (C=O) groups excluding carboxylic acids is 1. The van der Waals surface area contributed by atoms with Gasteiger partial charge in [-0.3, -0.25) is 14.2 Å². The molecule has 4 aromatic rings. The fraction of sp³-hybridized carbons (Fsp3) is 0.200. The number of carbonyl (C=O) groups is 1. The summed E-state index contributed by atoms with van der Waals surface area (Å²) in [5.41, 5.74) is 4.37. The van der Waals surface area contributed by atoms with Gasteiger partial charge in [0.25, 0.3) is 12.3 Å². The van der Waals surface area contributed by atoms with Gasteiger partial charge in [-0.25, -0.2) is 23.1 Å². The molecule has 0 aliphatic carbocycles. The summed E-state index contributed by atoms with van der Waals surface area (Å²) >= 11 is 0. The summed E-state index contributed by atoms with van der Waals surface area (Å²) in [5.74, 6) is -2.10. The van der Waals surface area contributed by atoms with Gasteiger partial charge in [-0.05, 0) is 18.2 Å². The fourth-order valence-corrected chi connectivity index (χ4v) is 3.42. The maximum absolute atomic E-state index is 14.8. The molecule has 3 heterocycles. The third-order valence-electron chi connectivity index (χ3n) is 5.09. The van der Waals surface area contributed by atoms with Gasteiger partial charge in [0, 0.05) is 19.3 Å². The highest BCUT2D eigenvalue weighted by Crippen LogP contribution is 2.32. The number of hydrogen-bond acceptors (Lipinski definition) is 5. The molecule has 4 rings (SSSR count). The van der Waals surface area contributed by atoms with Crippen LogP contribution < -0.4 is 5.73 Å². The van der Waals surface area contributed by atoms with Gasteiger partial charge in [-0.2, -0.15) is 13.2 Å². The van der Waals surface area contributed by atoms with Gasteiger partial charge < -0.3 is 10.6 Å². The van der Waals surface area contributed by atoms with E-state index in [0.717, 1.165) is 25.2 Å². The molecule has 1 aromatic carbocycles. The molecule has 7 nitrogen and oxygen atoms in total. The number of imidazole rings is 1. The number of aromatic nitrogens is 4. The zero-order chi connectivity index (χ0) is 24.1. The van der Waals surface area contributed by atoms with Crippen LogP contribution in [0.5, 0.6) is 0 Å². The molecule has 0 fully saturated rings. The summed E-state index contributed by atoms with van der Waals surface area (Å²) in [7, 11) is 0.982. The smallest absolute Gasteiger partial charge is 0.382 e. The molecule has 0 radical (unpaired) electrons. The van der Waals surface area contributed by atoms with Crippen molar-refractivity contribution in [3.8, 4) is 0 Å². The Bertz CT molecular complexity index is 1350. The predicted molar refractivity (Wildman–Crippen MR) is 105 cm³/mol. The molecule has 0 aliphatic rings. The summed E-state index contributed by atoms with van der Waals surface area (Å²) in [4.78, 5) is 24.9. The predicted octanol–water partition coefficient (Wildman–Crippen LogP) is 4.10. The Balaban J connectivity index is 1.75. The monoisotopic (exact) mass is 468 g/mol. The van der Waals surface area contributed by atoms with Crippen molar-refractivity contribution >= 4 is 28.3 Å². The Morgan fingerprint density at radius 2 is 1.88 bits per heavy atom. The van der Waals surface area contributed by atoms with Crippen LogP contribution in [0.2, 0.25) is 0 Å². The van der Waals surface area contributed by atoms with Crippen LogP contribution in [0.4, 0.5) is 32.2 Å². The van der Waals surface area contributed by atoms with Crippen LogP contribution in [0, 0.1) is 5.82 Å². The number of anilines is 1. The van der Waals surface area contributed by atoms with E-state index in [4.69, 9.17) is 5.73 Å². The Kier molecular flexibility index (Phi) is 5.34. The van der Waals surface area contributed by atoms with Gasteiger partial charge >= 0.3 is 6.18 Å². The molecule has 33 heavy (non-hydrogen) atoms. The lowest BCUT2D eigenvalue weighted by Gasteiger charge is -2.27. The van der Waals surface area contributed by atoms with Crippen molar-refractivity contribution in [1.29, 1.82) is 0 Å². The van der Waals surface area contributed by atoms with Crippen LogP contribution >= 0.6 is 0 Å². The lowest BCUT2D eigenvalue weighted by atomic mass is 10.1. The summed E-state index contributed by atoms with van der Waals surface area (Å²) in [6, 6.07) is 1.36. The minimum Gasteiger partial charge on any atom is -0.382 e. The molecule has 1 atom stereocenters. The molecule has 0 aliphatic heterocycles. The number of nitrogens with zero attached hydrogens (tertiary/aromatic N) is 5. The summed E-state index contributed by atoms with van der Waals surface area (Å²) < 4.78 is 82.1. The second-order valence-electron chi connectivity index (χ2n) is 7.13. The molecular formula is C20H14F6N6O. The first-order chi connectivity index (χ1) is 15.5. The highest BCUT2D eigenvalue weighted by Gasteiger charge is 2.35. The first-order valence-corrected chi connectivity index (χ1v) is 9.28. The minimum absolute atomic E-state index is 0.0711. The molecule has 0 saturated heterocycles. The third kappa shape index (κ3) is 3.90. The van der Waals surface area contributed by atoms with E-state index in [1.165, 1.54) is 16.9 Å². The minimum atomic E-state index is -4.71. The quantitative estimate of drug-likeness (QED) is 0.456. The number of fused-ring (bicyclic) bond motifs is 3. The molecule has 1 unspecified atom stereocenters. The van der Waals surface area contributed by atoms with E-state index in [-0.39, 0.29) is 16.9 Å². The largest absolute Gasteiger partial charge is 0.417 e. The Labute approximate surface area is 181 Å². The number of alkyl halides is 5. The number of benzene rings is 1. The van der Waals surface area contributed by atoms with Crippen LogP contribution in [0.3, 0.4) is 0 Å². The van der Waals surface area contributed by atoms with Crippen molar-refractivity contribution in [3.63, 3.8) is 0 Å². The van der Waals surface area contributed by atoms with E-state index < -0.39 is 47.2 Å². The average Bonchev–Trinajstić information content (AvgIpc) is 3.23. The Morgan fingerprint density at radius 1 is 1.15 bits per heavy atom. The maximum Gasteiger partial charge on any atom is 0.417 e. The topological polar surface area (TPSA) is 89.4 Å². The molecule has 1 amide bonds. The second-order valence-corrected chi connectivity index (χ2v) is 7.13. The number of nitrogen functional groups attached to an aromatic ring is 1. The fourth-order valence-electron chi connectivity index (χ4n) is 3.42. The molecule has 2 N–H and O–H groups in total. The van der Waals surface area contributed by atoms with Crippen molar-refractivity contribution < 1.29 is 31.1 Å². The number of halogens is 6. The molecule has 172 valence electrons. The van der Waals surface area contributed by atoms with Crippen LogP contribution in [0.15, 0.2) is 43.0 Å². The van der Waals surface area contributed by atoms with Gasteiger partial charge in [0.1, 0.15) is 23.2 Å². The van der Waals surface area contributed by atoms with Crippen LogP contribution in [-0.4, -0.2) is 43.6 Å². The van der Waals surface area contributed by atoms with Crippen LogP contribution in [0.25, 0.3) is 16.6 Å². The molecule has 0 spiro atoms. The van der Waals surface area contributed by atoms with Gasteiger partial charge in [0.15, 0.2) is 0 Å². The number of rotatable bonds is 4. The highest BCUT2D eigenvalue weighted by molar-refractivity contribution is 5.98. The maximum atomic E-state index is 14.8. The van der Waals surface area contributed by atoms with Crippen LogP contribution in [-0.2, 0) is 6.18 Å². The zero-order valence-electron chi connectivity index (χ0n) is 16.7. The number of amides is 1. The van der Waals surface area contributed by atoms with Crippen molar-refractivity contribution in [2.45, 2.75) is 18.6 Å².